The molecule has 0 saturated carbocycles. The third kappa shape index (κ3) is 7.94. The average molecular weight is 242 g/mol. The zero-order chi connectivity index (χ0) is 13.3. The summed E-state index contributed by atoms with van der Waals surface area (Å²) in [6.45, 7) is 11.6. The predicted octanol–water partition coefficient (Wildman–Crippen LogP) is 1.38. The van der Waals surface area contributed by atoms with Crippen LogP contribution in [0.3, 0.4) is 0 Å². The molecule has 0 heterocycles. The first kappa shape index (κ1) is 16.1. The van der Waals surface area contributed by atoms with E-state index in [0.29, 0.717) is 18.7 Å². The fourth-order valence-electron chi connectivity index (χ4n) is 1.50. The molecule has 0 unspecified atom stereocenters. The fraction of sp³-hybridized carbons (Fsp3) is 0.769. The van der Waals surface area contributed by atoms with Gasteiger partial charge < -0.3 is 9.64 Å². The summed E-state index contributed by atoms with van der Waals surface area (Å²) in [4.78, 5) is 15.8. The van der Waals surface area contributed by atoms with Gasteiger partial charge >= 0.3 is 5.97 Å². The van der Waals surface area contributed by atoms with Crippen LogP contribution in [-0.4, -0.2) is 62.7 Å². The lowest BCUT2D eigenvalue weighted by molar-refractivity contribution is -0.138. The second-order valence-corrected chi connectivity index (χ2v) is 4.40. The van der Waals surface area contributed by atoms with Crippen molar-refractivity contribution in [1.29, 1.82) is 0 Å². The molecule has 17 heavy (non-hydrogen) atoms. The van der Waals surface area contributed by atoms with Gasteiger partial charge in [0, 0.05) is 25.2 Å². The lowest BCUT2D eigenvalue weighted by atomic mass is 10.2. The van der Waals surface area contributed by atoms with Gasteiger partial charge in [0.1, 0.15) is 0 Å². The van der Waals surface area contributed by atoms with E-state index in [1.54, 1.807) is 6.92 Å². The molecule has 0 aliphatic rings. The Labute approximate surface area is 105 Å². The molecule has 0 aliphatic heterocycles. The second kappa shape index (κ2) is 9.19. The smallest absolute Gasteiger partial charge is 0.334 e. The molecule has 0 fully saturated rings. The third-order valence-electron chi connectivity index (χ3n) is 2.38. The molecule has 100 valence electrons. The van der Waals surface area contributed by atoms with Crippen LogP contribution in [0.25, 0.3) is 0 Å². The number of rotatable bonds is 9. The van der Waals surface area contributed by atoms with Crippen LogP contribution in [0.5, 0.6) is 0 Å². The predicted molar refractivity (Wildman–Crippen MR) is 71.1 cm³/mol. The quantitative estimate of drug-likeness (QED) is 0.452. The summed E-state index contributed by atoms with van der Waals surface area (Å²) in [7, 11) is 4.09. The molecule has 0 aromatic rings. The molecule has 4 nitrogen and oxygen atoms in total. The van der Waals surface area contributed by atoms with Crippen molar-refractivity contribution in [3.63, 3.8) is 0 Å². The summed E-state index contributed by atoms with van der Waals surface area (Å²) in [6.07, 6.45) is 1.07. The van der Waals surface area contributed by atoms with Gasteiger partial charge in [-0.2, -0.15) is 0 Å². The Hall–Kier alpha value is -0.870. The van der Waals surface area contributed by atoms with Crippen LogP contribution in [0.15, 0.2) is 12.2 Å². The zero-order valence-corrected chi connectivity index (χ0v) is 11.7. The number of ether oxygens (including phenoxy) is 1. The summed E-state index contributed by atoms with van der Waals surface area (Å²) >= 11 is 0. The van der Waals surface area contributed by atoms with Crippen LogP contribution in [-0.2, 0) is 9.53 Å². The molecule has 0 saturated heterocycles. The van der Waals surface area contributed by atoms with Crippen molar-refractivity contribution in [2.24, 2.45) is 0 Å². The molecule has 0 rings (SSSR count). The highest BCUT2D eigenvalue weighted by Crippen LogP contribution is 2.01. The summed E-state index contributed by atoms with van der Waals surface area (Å²) in [5.74, 6) is -0.279. The minimum atomic E-state index is -0.279. The number of nitrogens with zero attached hydrogens (tertiary/aromatic N) is 2. The molecule has 0 spiro atoms. The molecule has 0 radical (unpaired) electrons. The Morgan fingerprint density at radius 2 is 1.82 bits per heavy atom. The Morgan fingerprint density at radius 3 is 2.29 bits per heavy atom. The lowest BCUT2D eigenvalue weighted by Gasteiger charge is -2.23. The van der Waals surface area contributed by atoms with E-state index < -0.39 is 0 Å². The van der Waals surface area contributed by atoms with Gasteiger partial charge in [-0.1, -0.05) is 13.5 Å². The van der Waals surface area contributed by atoms with Gasteiger partial charge in [0.05, 0.1) is 6.61 Å². The van der Waals surface area contributed by atoms with Crippen molar-refractivity contribution < 1.29 is 9.53 Å². The van der Waals surface area contributed by atoms with Crippen LogP contribution in [0.4, 0.5) is 0 Å². The van der Waals surface area contributed by atoms with Crippen LogP contribution in [0.1, 0.15) is 20.3 Å². The zero-order valence-electron chi connectivity index (χ0n) is 11.7. The summed E-state index contributed by atoms with van der Waals surface area (Å²) in [6, 6.07) is 0. The number of carbonyl (C=O) groups is 1. The first-order chi connectivity index (χ1) is 8.01. The Morgan fingerprint density at radius 1 is 1.18 bits per heavy atom. The standard InChI is InChI=1S/C13H26N2O2/c1-6-8-15(10-9-14(4)5)11-12(3)13(16)17-7-2/h3,6-11H2,1-2,4-5H3. The molecule has 0 N–H and O–H groups in total. The maximum atomic E-state index is 11.5. The number of hydrogen-bond acceptors (Lipinski definition) is 4. The van der Waals surface area contributed by atoms with Gasteiger partial charge in [0.2, 0.25) is 0 Å². The summed E-state index contributed by atoms with van der Waals surface area (Å²) in [5, 5.41) is 0. The third-order valence-corrected chi connectivity index (χ3v) is 2.38. The van der Waals surface area contributed by atoms with E-state index in [0.717, 1.165) is 26.1 Å². The van der Waals surface area contributed by atoms with E-state index in [1.165, 1.54) is 0 Å². The molecule has 0 atom stereocenters. The normalized spacial score (nSPS) is 10.9. The minimum Gasteiger partial charge on any atom is -0.463 e. The number of carbonyl (C=O) groups excluding carboxylic acids is 1. The first-order valence-electron chi connectivity index (χ1n) is 6.23. The van der Waals surface area contributed by atoms with E-state index in [2.05, 4.69) is 23.3 Å². The molecular formula is C13H26N2O2. The van der Waals surface area contributed by atoms with Crippen molar-refractivity contribution in [1.82, 2.24) is 9.80 Å². The number of esters is 1. The average Bonchev–Trinajstić information content (AvgIpc) is 2.26. The minimum absolute atomic E-state index is 0.279. The molecule has 0 aromatic carbocycles. The molecule has 0 aliphatic carbocycles. The van der Waals surface area contributed by atoms with Gasteiger partial charge in [-0.25, -0.2) is 4.79 Å². The summed E-state index contributed by atoms with van der Waals surface area (Å²) in [5.41, 5.74) is 0.541. The van der Waals surface area contributed by atoms with Crippen LogP contribution in [0, 0.1) is 0 Å². The van der Waals surface area contributed by atoms with Crippen molar-refractivity contribution in [3.05, 3.63) is 12.2 Å². The van der Waals surface area contributed by atoms with E-state index in [-0.39, 0.29) is 5.97 Å². The van der Waals surface area contributed by atoms with Gasteiger partial charge in [-0.05, 0) is 34.0 Å². The van der Waals surface area contributed by atoms with E-state index >= 15 is 0 Å². The largest absolute Gasteiger partial charge is 0.463 e. The maximum Gasteiger partial charge on any atom is 0.334 e. The number of likely N-dealkylation sites (N-methyl/N-ethyl adjacent to an activating group) is 1. The van der Waals surface area contributed by atoms with Crippen molar-refractivity contribution in [2.75, 3.05) is 46.9 Å². The molecule has 0 aromatic heterocycles. The SMILES string of the molecule is C=C(CN(CCC)CCN(C)C)C(=O)OCC. The number of hydrogen-bond donors (Lipinski definition) is 0. The van der Waals surface area contributed by atoms with E-state index in [1.807, 2.05) is 14.1 Å². The fourth-order valence-corrected chi connectivity index (χ4v) is 1.50. The van der Waals surface area contributed by atoms with Crippen LogP contribution in [0.2, 0.25) is 0 Å². The highest BCUT2D eigenvalue weighted by Gasteiger charge is 2.12. The van der Waals surface area contributed by atoms with Crippen LogP contribution >= 0.6 is 0 Å². The molecular weight excluding hydrogens is 216 g/mol. The van der Waals surface area contributed by atoms with Gasteiger partial charge in [-0.15, -0.1) is 0 Å². The van der Waals surface area contributed by atoms with Gasteiger partial charge in [0.15, 0.2) is 0 Å². The van der Waals surface area contributed by atoms with Crippen molar-refractivity contribution >= 4 is 5.97 Å². The van der Waals surface area contributed by atoms with Gasteiger partial charge in [0.25, 0.3) is 0 Å². The van der Waals surface area contributed by atoms with Crippen molar-refractivity contribution in [2.45, 2.75) is 20.3 Å². The Kier molecular flexibility index (Phi) is 8.72. The monoisotopic (exact) mass is 242 g/mol. The Balaban J connectivity index is 4.13. The second-order valence-electron chi connectivity index (χ2n) is 4.40. The Bertz CT molecular complexity index is 240. The highest BCUT2D eigenvalue weighted by molar-refractivity contribution is 5.88. The maximum absolute atomic E-state index is 11.5. The van der Waals surface area contributed by atoms with Crippen LogP contribution < -0.4 is 0 Å². The van der Waals surface area contributed by atoms with Gasteiger partial charge in [-0.3, -0.25) is 4.90 Å². The van der Waals surface area contributed by atoms with E-state index in [4.69, 9.17) is 4.74 Å². The molecule has 0 bridgehead atoms. The van der Waals surface area contributed by atoms with Crippen molar-refractivity contribution in [3.8, 4) is 0 Å². The lowest BCUT2D eigenvalue weighted by Crippen LogP contribution is -2.35. The van der Waals surface area contributed by atoms with E-state index in [9.17, 15) is 4.79 Å². The molecule has 4 heteroatoms. The summed E-state index contributed by atoms with van der Waals surface area (Å²) < 4.78 is 4.93. The first-order valence-corrected chi connectivity index (χ1v) is 6.23. The topological polar surface area (TPSA) is 32.8 Å². The highest BCUT2D eigenvalue weighted by atomic mass is 16.5. The molecule has 0 amide bonds.